The maximum Gasteiger partial charge on any atom is 0.158 e. The van der Waals surface area contributed by atoms with Crippen LogP contribution in [0.2, 0.25) is 0 Å². The maximum atomic E-state index is 4.31. The molecule has 0 atom stereocenters. The second kappa shape index (κ2) is 2.52. The van der Waals surface area contributed by atoms with E-state index in [1.807, 2.05) is 6.07 Å². The molecule has 13 heavy (non-hydrogen) atoms. The summed E-state index contributed by atoms with van der Waals surface area (Å²) in [5.41, 5.74) is 0.840. The van der Waals surface area contributed by atoms with E-state index in [1.165, 1.54) is 0 Å². The third kappa shape index (κ3) is 1.28. The van der Waals surface area contributed by atoms with E-state index in [0.717, 1.165) is 11.5 Å². The Morgan fingerprint density at radius 3 is 2.69 bits per heavy atom. The molecule has 4 nitrogen and oxygen atoms in total. The smallest absolute Gasteiger partial charge is 0.158 e. The Bertz CT molecular complexity index is 424. The summed E-state index contributed by atoms with van der Waals surface area (Å²) >= 11 is 0. The van der Waals surface area contributed by atoms with Gasteiger partial charge in [0.05, 0.1) is 0 Å². The molecule has 0 spiro atoms. The molecule has 0 radical (unpaired) electrons. The largest absolute Gasteiger partial charge is 0.241 e. The summed E-state index contributed by atoms with van der Waals surface area (Å²) in [6.07, 6.45) is 3.32. The maximum absolute atomic E-state index is 4.31. The highest BCUT2D eigenvalue weighted by Crippen LogP contribution is 2.19. The molecule has 0 amide bonds. The summed E-state index contributed by atoms with van der Waals surface area (Å²) in [6.45, 7) is 6.32. The molecule has 68 valence electrons. The van der Waals surface area contributed by atoms with E-state index in [1.54, 1.807) is 17.0 Å². The minimum atomic E-state index is -0.00674. The number of rotatable bonds is 0. The van der Waals surface area contributed by atoms with Gasteiger partial charge in [0, 0.05) is 17.7 Å². The van der Waals surface area contributed by atoms with Crippen molar-refractivity contribution in [2.24, 2.45) is 0 Å². The van der Waals surface area contributed by atoms with E-state index in [4.69, 9.17) is 0 Å². The minimum absolute atomic E-state index is 0.00674. The summed E-state index contributed by atoms with van der Waals surface area (Å²) in [6, 6.07) is 1.85. The van der Waals surface area contributed by atoms with Crippen LogP contribution in [0.25, 0.3) is 5.65 Å². The topological polar surface area (TPSA) is 43.1 Å². The monoisotopic (exact) mass is 176 g/mol. The Morgan fingerprint density at radius 2 is 2.00 bits per heavy atom. The molecule has 0 bridgehead atoms. The SMILES string of the molecule is CC(C)(C)c1nccc2ncnn12. The predicted octanol–water partition coefficient (Wildman–Crippen LogP) is 1.42. The van der Waals surface area contributed by atoms with Gasteiger partial charge in [-0.25, -0.2) is 9.97 Å². The lowest BCUT2D eigenvalue weighted by molar-refractivity contribution is 0.523. The Kier molecular flexibility index (Phi) is 1.58. The van der Waals surface area contributed by atoms with Crippen molar-refractivity contribution in [3.63, 3.8) is 0 Å². The predicted molar refractivity (Wildman–Crippen MR) is 49.5 cm³/mol. The summed E-state index contributed by atoms with van der Waals surface area (Å²) in [5, 5.41) is 4.13. The van der Waals surface area contributed by atoms with Crippen molar-refractivity contribution in [2.75, 3.05) is 0 Å². The fourth-order valence-corrected chi connectivity index (χ4v) is 1.27. The van der Waals surface area contributed by atoms with Crippen molar-refractivity contribution in [3.05, 3.63) is 24.4 Å². The number of fused-ring (bicyclic) bond motifs is 1. The molecule has 2 aromatic heterocycles. The van der Waals surface area contributed by atoms with Crippen LogP contribution in [0.1, 0.15) is 26.6 Å². The molecule has 0 fully saturated rings. The van der Waals surface area contributed by atoms with Crippen molar-refractivity contribution >= 4 is 5.65 Å². The summed E-state index contributed by atoms with van der Waals surface area (Å²) in [4.78, 5) is 8.42. The van der Waals surface area contributed by atoms with Crippen LogP contribution in [0.3, 0.4) is 0 Å². The van der Waals surface area contributed by atoms with Crippen LogP contribution in [-0.2, 0) is 5.41 Å². The molecule has 2 heterocycles. The lowest BCUT2D eigenvalue weighted by Crippen LogP contribution is -2.18. The van der Waals surface area contributed by atoms with Gasteiger partial charge in [-0.3, -0.25) is 0 Å². The Morgan fingerprint density at radius 1 is 1.23 bits per heavy atom. The number of aromatic nitrogens is 4. The summed E-state index contributed by atoms with van der Waals surface area (Å²) in [5.74, 6) is 0.933. The van der Waals surface area contributed by atoms with Crippen molar-refractivity contribution in [2.45, 2.75) is 26.2 Å². The highest BCUT2D eigenvalue weighted by atomic mass is 15.3. The highest BCUT2D eigenvalue weighted by Gasteiger charge is 2.19. The summed E-state index contributed by atoms with van der Waals surface area (Å²) in [7, 11) is 0. The molecule has 4 heteroatoms. The first-order chi connectivity index (χ1) is 6.09. The lowest BCUT2D eigenvalue weighted by Gasteiger charge is -2.17. The van der Waals surface area contributed by atoms with Crippen molar-refractivity contribution in [3.8, 4) is 0 Å². The van der Waals surface area contributed by atoms with E-state index in [-0.39, 0.29) is 5.41 Å². The van der Waals surface area contributed by atoms with E-state index in [2.05, 4.69) is 35.8 Å². The minimum Gasteiger partial charge on any atom is -0.241 e. The molecule has 0 N–H and O–H groups in total. The third-order valence-electron chi connectivity index (χ3n) is 1.87. The van der Waals surface area contributed by atoms with E-state index < -0.39 is 0 Å². The highest BCUT2D eigenvalue weighted by molar-refractivity contribution is 5.35. The van der Waals surface area contributed by atoms with Gasteiger partial charge in [0.15, 0.2) is 5.65 Å². The fourth-order valence-electron chi connectivity index (χ4n) is 1.27. The van der Waals surface area contributed by atoms with Gasteiger partial charge in [-0.2, -0.15) is 9.61 Å². The van der Waals surface area contributed by atoms with E-state index in [0.29, 0.717) is 0 Å². The Hall–Kier alpha value is -1.45. The van der Waals surface area contributed by atoms with Crippen LogP contribution < -0.4 is 0 Å². The van der Waals surface area contributed by atoms with Crippen molar-refractivity contribution in [1.29, 1.82) is 0 Å². The molecular weight excluding hydrogens is 164 g/mol. The van der Waals surface area contributed by atoms with E-state index >= 15 is 0 Å². The second-order valence-electron chi connectivity index (χ2n) is 4.05. The molecule has 2 rings (SSSR count). The van der Waals surface area contributed by atoms with E-state index in [9.17, 15) is 0 Å². The third-order valence-corrected chi connectivity index (χ3v) is 1.87. The second-order valence-corrected chi connectivity index (χ2v) is 4.05. The number of hydrogen-bond acceptors (Lipinski definition) is 3. The zero-order valence-electron chi connectivity index (χ0n) is 8.02. The van der Waals surface area contributed by atoms with Crippen LogP contribution in [0.5, 0.6) is 0 Å². The van der Waals surface area contributed by atoms with Gasteiger partial charge in [-0.1, -0.05) is 20.8 Å². The molecule has 0 saturated carbocycles. The van der Waals surface area contributed by atoms with Crippen LogP contribution in [-0.4, -0.2) is 19.6 Å². The average molecular weight is 176 g/mol. The molecule has 2 aromatic rings. The van der Waals surface area contributed by atoms with Crippen molar-refractivity contribution in [1.82, 2.24) is 19.6 Å². The lowest BCUT2D eigenvalue weighted by atomic mass is 9.96. The molecule has 0 unspecified atom stereocenters. The van der Waals surface area contributed by atoms with Gasteiger partial charge in [-0.05, 0) is 0 Å². The first kappa shape index (κ1) is 8.16. The van der Waals surface area contributed by atoms with Crippen LogP contribution >= 0.6 is 0 Å². The molecule has 0 aromatic carbocycles. The summed E-state index contributed by atoms with van der Waals surface area (Å²) < 4.78 is 1.78. The van der Waals surface area contributed by atoms with Crippen LogP contribution in [0.15, 0.2) is 18.6 Å². The average Bonchev–Trinajstić information content (AvgIpc) is 2.48. The molecule has 0 saturated heterocycles. The number of nitrogens with zero attached hydrogens (tertiary/aromatic N) is 4. The van der Waals surface area contributed by atoms with Gasteiger partial charge >= 0.3 is 0 Å². The van der Waals surface area contributed by atoms with Crippen LogP contribution in [0, 0.1) is 0 Å². The first-order valence-electron chi connectivity index (χ1n) is 4.24. The normalized spacial score (nSPS) is 12.2. The van der Waals surface area contributed by atoms with Gasteiger partial charge < -0.3 is 0 Å². The molecular formula is C9H12N4. The standard InChI is InChI=1S/C9H12N4/c1-9(2,3)8-10-5-4-7-11-6-12-13(7)8/h4-6H,1-3H3. The van der Waals surface area contributed by atoms with Gasteiger partial charge in [0.1, 0.15) is 12.2 Å². The zero-order chi connectivity index (χ0) is 9.47. The quantitative estimate of drug-likeness (QED) is 0.609. The Labute approximate surface area is 76.6 Å². The van der Waals surface area contributed by atoms with Crippen LogP contribution in [0.4, 0.5) is 0 Å². The van der Waals surface area contributed by atoms with Gasteiger partial charge in [-0.15, -0.1) is 0 Å². The molecule has 0 aliphatic carbocycles. The first-order valence-corrected chi connectivity index (χ1v) is 4.24. The van der Waals surface area contributed by atoms with Gasteiger partial charge in [0.2, 0.25) is 0 Å². The zero-order valence-corrected chi connectivity index (χ0v) is 8.02. The fraction of sp³-hybridized carbons (Fsp3) is 0.444. The Balaban J connectivity index is 2.75. The van der Waals surface area contributed by atoms with Crippen molar-refractivity contribution < 1.29 is 0 Å². The number of hydrogen-bond donors (Lipinski definition) is 0. The molecule has 0 aliphatic heterocycles. The molecule has 0 aliphatic rings. The van der Waals surface area contributed by atoms with Gasteiger partial charge in [0.25, 0.3) is 0 Å².